The van der Waals surface area contributed by atoms with E-state index in [1.54, 1.807) is 0 Å². The Bertz CT molecular complexity index is 92.7. The van der Waals surface area contributed by atoms with Crippen molar-refractivity contribution in [3.63, 3.8) is 0 Å². The number of rotatable bonds is 0. The second-order valence-electron chi connectivity index (χ2n) is 0.408. The van der Waals surface area contributed by atoms with E-state index in [4.69, 9.17) is 16.0 Å². The Labute approximate surface area is 86.1 Å². The maximum Gasteiger partial charge on any atom is 1.00 e. The van der Waals surface area contributed by atoms with Gasteiger partial charge in [-0.3, -0.25) is 0 Å². The summed E-state index contributed by atoms with van der Waals surface area (Å²) in [5.41, 5.74) is 0. The summed E-state index contributed by atoms with van der Waals surface area (Å²) in [4.78, 5) is 0. The fourth-order valence-corrected chi connectivity index (χ4v) is 0. The van der Waals surface area contributed by atoms with Gasteiger partial charge in [-0.1, -0.05) is 0 Å². The van der Waals surface area contributed by atoms with E-state index in [1.807, 2.05) is 0 Å². The Kier molecular flexibility index (Phi) is 121. The van der Waals surface area contributed by atoms with E-state index in [2.05, 4.69) is 0 Å². The van der Waals surface area contributed by atoms with Crippen LogP contribution in [-0.4, -0.2) is 40.7 Å². The van der Waals surface area contributed by atoms with Gasteiger partial charge in [0, 0.05) is 0 Å². The topological polar surface area (TPSA) is 238 Å². The van der Waals surface area contributed by atoms with Crippen molar-refractivity contribution in [2.45, 2.75) is 0 Å². The second-order valence-corrected chi connectivity index (χ2v) is 2.12. The molecule has 0 amide bonds. The molecule has 72 valence electrons. The summed E-state index contributed by atoms with van der Waals surface area (Å²) in [5.74, 6) is 0. The van der Waals surface area contributed by atoms with Crippen molar-refractivity contribution in [2.75, 3.05) is 0 Å². The van der Waals surface area contributed by atoms with E-state index in [1.165, 1.54) is 0 Å². The first-order valence-electron chi connectivity index (χ1n) is 0.667. The fourth-order valence-electron chi connectivity index (χ4n) is 0. The van der Waals surface area contributed by atoms with Crippen molar-refractivity contribution in [3.8, 4) is 0 Å². The van der Waals surface area contributed by atoms with Gasteiger partial charge in [0.15, 0.2) is 0 Å². The van der Waals surface area contributed by atoms with E-state index in [0.717, 1.165) is 0 Å². The van der Waals surface area contributed by atoms with E-state index < -0.39 is 13.4 Å². The van der Waals surface area contributed by atoms with Crippen LogP contribution in [0.4, 0.5) is 0 Å². The minimum absolute atomic E-state index is 0. The molecule has 0 saturated carbocycles. The molecule has 0 aromatic rings. The van der Waals surface area contributed by atoms with Crippen molar-refractivity contribution < 1.29 is 73.0 Å². The van der Waals surface area contributed by atoms with Gasteiger partial charge in [-0.25, -0.2) is 0 Å². The van der Waals surface area contributed by atoms with E-state index in [-0.39, 0.29) is 56.9 Å². The van der Waals surface area contributed by atoms with Crippen molar-refractivity contribution in [1.82, 2.24) is 0 Å². The molecule has 0 aromatic heterocycles. The molecule has 0 unspecified atom stereocenters. The van der Waals surface area contributed by atoms with Crippen LogP contribution in [0.25, 0.3) is 0 Å². The number of hydrogen-bond acceptors (Lipinski definition) is 4. The van der Waals surface area contributed by atoms with Gasteiger partial charge in [0.25, 0.3) is 0 Å². The molecule has 0 bridgehead atoms. The fraction of sp³-hybridized carbons (Fsp3) is 0. The third kappa shape index (κ3) is 1200. The minimum atomic E-state index is -5.75. The van der Waals surface area contributed by atoms with Crippen LogP contribution in [0.3, 0.4) is 0 Å². The Morgan fingerprint density at radius 2 is 0.727 bits per heavy atom. The molecule has 0 aliphatic rings. The van der Waals surface area contributed by atoms with Crippen LogP contribution < -0.4 is 37.9 Å². The molecule has 0 rings (SSSR count). The Morgan fingerprint density at radius 3 is 0.727 bits per heavy atom. The molecule has 9 nitrogen and oxygen atoms in total. The van der Waals surface area contributed by atoms with Crippen LogP contribution in [0.2, 0.25) is 0 Å². The normalized spacial score (nSPS) is 5.27. The van der Waals surface area contributed by atoms with Crippen molar-refractivity contribution in [3.05, 3.63) is 0 Å². The average molecular weight is 256 g/mol. The van der Waals surface area contributed by atoms with Crippen LogP contribution in [0.5, 0.6) is 0 Å². The summed E-state index contributed by atoms with van der Waals surface area (Å²) < 4.78 is 34.4. The Balaban J connectivity index is -0.00000000533. The molecule has 10 N–H and O–H groups in total. The summed E-state index contributed by atoms with van der Waals surface area (Å²) in [7, 11) is 0. The van der Waals surface area contributed by atoms with E-state index in [0.29, 0.717) is 0 Å². The first-order chi connectivity index (χ1) is 2.00. The maximum atomic E-state index is 8.59. The zero-order valence-electron chi connectivity index (χ0n) is 5.54. The number of hydrogen-bond donors (Lipinski definition) is 0. The van der Waals surface area contributed by atoms with Crippen molar-refractivity contribution >= 4 is 13.4 Å². The summed E-state index contributed by atoms with van der Waals surface area (Å²) in [6.07, 6.45) is 0. The third-order valence-corrected chi connectivity index (χ3v) is 0. The van der Waals surface area contributed by atoms with Gasteiger partial charge in [0.05, 0.1) is 0 Å². The van der Waals surface area contributed by atoms with Crippen molar-refractivity contribution in [2.24, 2.45) is 0 Å². The molecule has 11 heteroatoms. The maximum absolute atomic E-state index is 8.59. The largest absolute Gasteiger partial charge is 1.00 e. The van der Waals surface area contributed by atoms with E-state index >= 15 is 0 Å². The SMILES string of the molecule is O.O.O.O.O.O=[Se](=O)([O-])[O-].[Na+]. The Hall–Kier alpha value is 0.839. The molecule has 0 radical (unpaired) electrons. The molecule has 0 saturated heterocycles. The zero-order chi connectivity index (χ0) is 4.50. The van der Waals surface area contributed by atoms with Gasteiger partial charge < -0.3 is 27.4 Å². The Morgan fingerprint density at radius 1 is 0.727 bits per heavy atom. The quantitative estimate of drug-likeness (QED) is 0.383. The zero-order valence-corrected chi connectivity index (χ0v) is 9.25. The smallest absolute Gasteiger partial charge is 1.00 e. The predicted octanol–water partition coefficient (Wildman–Crippen LogP) is -10.1. The summed E-state index contributed by atoms with van der Waals surface area (Å²) >= 11 is -5.75. The van der Waals surface area contributed by atoms with Crippen molar-refractivity contribution in [1.29, 1.82) is 0 Å². The first kappa shape index (κ1) is 59.4. The average Bonchev–Trinajstić information content (AvgIpc) is 0.722. The molecule has 0 spiro atoms. The standard InChI is InChI=1S/Na.H2O4Se.5H2O/c;1-5(2,3)4;;;;;/h;(H2,1,2,3,4);5*1H2/q+1;;;;;;/p-2. The molecule has 0 aliphatic carbocycles. The van der Waals surface area contributed by atoms with Gasteiger partial charge >= 0.3 is 59.0 Å². The van der Waals surface area contributed by atoms with Gasteiger partial charge in [-0.05, 0) is 0 Å². The van der Waals surface area contributed by atoms with Crippen LogP contribution in [-0.2, 0) is 7.67 Å². The van der Waals surface area contributed by atoms with Crippen LogP contribution in [0, 0.1) is 0 Å². The molecular weight excluding hydrogens is 246 g/mol. The molecule has 0 atom stereocenters. The molecule has 0 aromatic carbocycles. The van der Waals surface area contributed by atoms with Crippen LogP contribution in [0.15, 0.2) is 0 Å². The molecule has 11 heavy (non-hydrogen) atoms. The van der Waals surface area contributed by atoms with Gasteiger partial charge in [-0.15, -0.1) is 0 Å². The molecule has 0 fully saturated rings. The molecular formula is H10NaO9Se-. The minimum Gasteiger partial charge on any atom is 1.00 e. The van der Waals surface area contributed by atoms with Gasteiger partial charge in [-0.2, -0.15) is 0 Å². The summed E-state index contributed by atoms with van der Waals surface area (Å²) in [6.45, 7) is 0. The van der Waals surface area contributed by atoms with Gasteiger partial charge in [0.2, 0.25) is 0 Å². The monoisotopic (exact) mass is 257 g/mol. The second kappa shape index (κ2) is 22.4. The van der Waals surface area contributed by atoms with Crippen LogP contribution >= 0.6 is 0 Å². The van der Waals surface area contributed by atoms with E-state index in [9.17, 15) is 0 Å². The summed E-state index contributed by atoms with van der Waals surface area (Å²) in [6, 6.07) is 0. The van der Waals surface area contributed by atoms with Crippen LogP contribution in [0.1, 0.15) is 0 Å². The third-order valence-electron chi connectivity index (χ3n) is 0. The molecule has 0 heterocycles. The predicted molar refractivity (Wildman–Crippen MR) is 25.2 cm³/mol. The first-order valence-corrected chi connectivity index (χ1v) is 3.46. The molecule has 0 aliphatic heterocycles. The van der Waals surface area contributed by atoms with Gasteiger partial charge in [0.1, 0.15) is 0 Å². The summed E-state index contributed by atoms with van der Waals surface area (Å²) in [5, 5.41) is 0.